The average molecular weight is 456 g/mol. The smallest absolute Gasteiger partial charge is 0.192 e. The Labute approximate surface area is 182 Å². The molecule has 0 aliphatic carbocycles. The highest BCUT2D eigenvalue weighted by molar-refractivity contribution is 7.93. The van der Waals surface area contributed by atoms with Crippen LogP contribution in [0.15, 0.2) is 37.1 Å². The molecule has 1 aromatic carbocycles. The summed E-state index contributed by atoms with van der Waals surface area (Å²) in [5.74, 6) is -0.300. The van der Waals surface area contributed by atoms with Crippen LogP contribution in [0.2, 0.25) is 0 Å². The molecule has 2 rings (SSSR count). The maximum Gasteiger partial charge on any atom is 0.192 e. The molecule has 1 heterocycles. The molecule has 0 bridgehead atoms. The van der Waals surface area contributed by atoms with Gasteiger partial charge in [0, 0.05) is 0 Å². The molecule has 0 saturated heterocycles. The van der Waals surface area contributed by atoms with Crippen LogP contribution in [0, 0.1) is 5.82 Å². The third-order valence-electron chi connectivity index (χ3n) is 4.55. The lowest BCUT2D eigenvalue weighted by Gasteiger charge is -2.17. The summed E-state index contributed by atoms with van der Waals surface area (Å²) in [6.45, 7) is 10.9. The summed E-state index contributed by atoms with van der Waals surface area (Å²) in [5, 5.41) is 27.9. The number of nitrogens with zero attached hydrogens (tertiary/aromatic N) is 2. The molecule has 4 N–H and O–H groups in total. The van der Waals surface area contributed by atoms with Crippen LogP contribution in [0.4, 0.5) is 10.1 Å². The lowest BCUT2D eigenvalue weighted by atomic mass is 9.92. The van der Waals surface area contributed by atoms with E-state index in [4.69, 9.17) is 5.14 Å². The Kier molecular flexibility index (Phi) is 7.58. The highest BCUT2D eigenvalue weighted by Gasteiger charge is 2.21. The Morgan fingerprint density at radius 2 is 1.70 bits per heavy atom. The quantitative estimate of drug-likeness (QED) is 0.523. The maximum atomic E-state index is 14.0. The van der Waals surface area contributed by atoms with Crippen molar-refractivity contribution in [3.05, 3.63) is 46.1 Å². The second-order valence-corrected chi connectivity index (χ2v) is 11.3. The Hall–Kier alpha value is -1.65. The summed E-state index contributed by atoms with van der Waals surface area (Å²) < 4.78 is 30.9. The fourth-order valence-electron chi connectivity index (χ4n) is 2.84. The average Bonchev–Trinajstić information content (AvgIpc) is 3.10. The van der Waals surface area contributed by atoms with Gasteiger partial charge in [-0.1, -0.05) is 27.7 Å². The topological polar surface area (TPSA) is 108 Å². The summed E-state index contributed by atoms with van der Waals surface area (Å²) in [6.07, 6.45) is -0.359. The maximum absolute atomic E-state index is 14.0. The van der Waals surface area contributed by atoms with Crippen molar-refractivity contribution in [1.29, 1.82) is 0 Å². The van der Waals surface area contributed by atoms with Crippen molar-refractivity contribution >= 4 is 33.2 Å². The second kappa shape index (κ2) is 9.23. The first-order chi connectivity index (χ1) is 13.7. The van der Waals surface area contributed by atoms with Crippen LogP contribution in [0.25, 0.3) is 0 Å². The number of aliphatic imine (C=N–C) groups is 1. The molecule has 166 valence electrons. The van der Waals surface area contributed by atoms with Gasteiger partial charge in [0.15, 0.2) is 6.23 Å². The van der Waals surface area contributed by atoms with Crippen LogP contribution < -0.4 is 5.14 Å². The minimum absolute atomic E-state index is 0.0181. The molecular weight excluding hydrogens is 425 g/mol. The molecule has 0 radical (unpaired) electrons. The number of nitrogens with two attached hydrogens (primary N) is 1. The highest BCUT2D eigenvalue weighted by atomic mass is 32.2. The summed E-state index contributed by atoms with van der Waals surface area (Å²) in [6, 6.07) is 4.39. The number of halogens is 1. The molecule has 30 heavy (non-hydrogen) atoms. The third kappa shape index (κ3) is 5.95. The summed E-state index contributed by atoms with van der Waals surface area (Å²) >= 11 is 1.10. The normalized spacial score (nSPS) is 15.7. The first-order valence-electron chi connectivity index (χ1n) is 9.63. The van der Waals surface area contributed by atoms with Crippen LogP contribution in [0.1, 0.15) is 70.1 Å². The van der Waals surface area contributed by atoms with E-state index >= 15 is 0 Å². The van der Waals surface area contributed by atoms with E-state index in [1.807, 2.05) is 27.7 Å². The van der Waals surface area contributed by atoms with Gasteiger partial charge in [-0.25, -0.2) is 13.7 Å². The van der Waals surface area contributed by atoms with E-state index in [-0.39, 0.29) is 21.9 Å². The summed E-state index contributed by atoms with van der Waals surface area (Å²) in [4.78, 5) is 4.36. The molecule has 0 saturated carbocycles. The monoisotopic (exact) mass is 455 g/mol. The van der Waals surface area contributed by atoms with Crippen LogP contribution in [-0.2, 0) is 15.5 Å². The molecule has 6 nitrogen and oxygen atoms in total. The Bertz CT molecular complexity index is 1020. The first-order valence-corrected chi connectivity index (χ1v) is 12.1. The molecule has 0 aliphatic rings. The Morgan fingerprint density at radius 1 is 1.17 bits per heavy atom. The minimum atomic E-state index is -3.38. The van der Waals surface area contributed by atoms with E-state index in [1.165, 1.54) is 18.2 Å². The molecule has 2 unspecified atom stereocenters. The van der Waals surface area contributed by atoms with E-state index in [0.29, 0.717) is 22.4 Å². The van der Waals surface area contributed by atoms with Crippen molar-refractivity contribution in [2.45, 2.75) is 69.4 Å². The molecule has 2 aromatic rings. The molecule has 0 fully saturated rings. The van der Waals surface area contributed by atoms with E-state index in [1.54, 1.807) is 19.2 Å². The van der Waals surface area contributed by atoms with Crippen LogP contribution in [0.3, 0.4) is 0 Å². The molecule has 9 heteroatoms. The van der Waals surface area contributed by atoms with Gasteiger partial charge in [0.05, 0.1) is 17.5 Å². The second-order valence-electron chi connectivity index (χ2n) is 8.32. The lowest BCUT2D eigenvalue weighted by molar-refractivity contribution is 0.0789. The molecule has 0 spiro atoms. The number of rotatable bonds is 7. The first kappa shape index (κ1) is 24.6. The number of benzene rings is 1. The van der Waals surface area contributed by atoms with Crippen LogP contribution in [0.5, 0.6) is 0 Å². The molecule has 0 amide bonds. The Balaban J connectivity index is 2.41. The van der Waals surface area contributed by atoms with Gasteiger partial charge in [0.1, 0.15) is 19.9 Å². The summed E-state index contributed by atoms with van der Waals surface area (Å²) in [5.41, 5.74) is 1.45. The fourth-order valence-corrected chi connectivity index (χ4v) is 5.24. The van der Waals surface area contributed by atoms with Crippen molar-refractivity contribution in [2.75, 3.05) is 0 Å². The Morgan fingerprint density at radius 3 is 2.13 bits per heavy atom. The van der Waals surface area contributed by atoms with E-state index in [9.17, 15) is 18.8 Å². The van der Waals surface area contributed by atoms with Crippen molar-refractivity contribution < 1.29 is 18.8 Å². The van der Waals surface area contributed by atoms with Gasteiger partial charge in [-0.05, 0) is 66.0 Å². The van der Waals surface area contributed by atoms with Crippen molar-refractivity contribution in [1.82, 2.24) is 0 Å². The van der Waals surface area contributed by atoms with E-state index in [2.05, 4.69) is 9.36 Å². The SMILES string of the molecule is CC(C)c1cc(F)cc(C(C)C)c1N=CC(O)N=S(N)(=O)c1cc(C(C)(C)O)cs1. The van der Waals surface area contributed by atoms with Gasteiger partial charge in [-0.2, -0.15) is 4.36 Å². The van der Waals surface area contributed by atoms with E-state index < -0.39 is 21.7 Å². The number of hydrogen-bond donors (Lipinski definition) is 3. The highest BCUT2D eigenvalue weighted by Crippen LogP contribution is 2.35. The van der Waals surface area contributed by atoms with Gasteiger partial charge in [-0.15, -0.1) is 11.3 Å². The molecule has 1 aromatic heterocycles. The molecule has 0 aliphatic heterocycles. The van der Waals surface area contributed by atoms with Crippen molar-refractivity contribution in [3.8, 4) is 0 Å². The minimum Gasteiger partial charge on any atom is -0.386 e. The lowest BCUT2D eigenvalue weighted by Crippen LogP contribution is -2.17. The van der Waals surface area contributed by atoms with Crippen LogP contribution >= 0.6 is 11.3 Å². The zero-order valence-corrected chi connectivity index (χ0v) is 19.7. The number of aliphatic hydroxyl groups is 2. The molecular formula is C21H30FN3O3S2. The van der Waals surface area contributed by atoms with Crippen molar-refractivity contribution in [2.24, 2.45) is 14.5 Å². The van der Waals surface area contributed by atoms with Gasteiger partial charge in [0.25, 0.3) is 0 Å². The number of thiophene rings is 1. The predicted molar refractivity (Wildman–Crippen MR) is 121 cm³/mol. The van der Waals surface area contributed by atoms with Gasteiger partial charge >= 0.3 is 0 Å². The van der Waals surface area contributed by atoms with Gasteiger partial charge < -0.3 is 10.2 Å². The fraction of sp³-hybridized carbons (Fsp3) is 0.476. The standard InChI is InChI=1S/C21H30FN3O3S2/c1-12(2)16-8-15(22)9-17(13(3)4)20(16)24-10-18(26)25-30(23,28)19-7-14(11-29-19)21(5,6)27/h7-13,18,26-27H,1-6H3,(H2,23,25,28). The predicted octanol–water partition coefficient (Wildman–Crippen LogP) is 4.78. The summed E-state index contributed by atoms with van der Waals surface area (Å²) in [7, 11) is -3.38. The number of hydrogen-bond acceptors (Lipinski definition) is 6. The van der Waals surface area contributed by atoms with Gasteiger partial charge in [0.2, 0.25) is 0 Å². The van der Waals surface area contributed by atoms with Crippen LogP contribution in [-0.4, -0.2) is 26.9 Å². The zero-order valence-electron chi connectivity index (χ0n) is 18.1. The zero-order chi connectivity index (χ0) is 22.9. The third-order valence-corrected chi connectivity index (χ3v) is 7.50. The largest absolute Gasteiger partial charge is 0.386 e. The van der Waals surface area contributed by atoms with Crippen molar-refractivity contribution in [3.63, 3.8) is 0 Å². The number of aliphatic hydroxyl groups excluding tert-OH is 1. The van der Waals surface area contributed by atoms with E-state index in [0.717, 1.165) is 17.6 Å². The molecule has 2 atom stereocenters. The van der Waals surface area contributed by atoms with Gasteiger partial charge in [-0.3, -0.25) is 4.99 Å².